The van der Waals surface area contributed by atoms with Crippen LogP contribution in [0.2, 0.25) is 0 Å². The summed E-state index contributed by atoms with van der Waals surface area (Å²) in [6.07, 6.45) is 13.0. The lowest BCUT2D eigenvalue weighted by molar-refractivity contribution is 0.128. The van der Waals surface area contributed by atoms with Gasteiger partial charge in [-0.1, -0.05) is 65.2 Å². The molecule has 1 heterocycles. The summed E-state index contributed by atoms with van der Waals surface area (Å²) < 4.78 is 33.1. The number of nitrogens with zero attached hydrogens (tertiary/aromatic N) is 2. The van der Waals surface area contributed by atoms with Gasteiger partial charge in [0.2, 0.25) is 0 Å². The first-order valence-corrected chi connectivity index (χ1v) is 12.5. The largest absolute Gasteiger partial charge is 0.493 e. The summed E-state index contributed by atoms with van der Waals surface area (Å²) in [7, 11) is 0. The van der Waals surface area contributed by atoms with Crippen molar-refractivity contribution in [2.24, 2.45) is 0 Å². The van der Waals surface area contributed by atoms with Crippen molar-refractivity contribution in [3.05, 3.63) is 42.2 Å². The Morgan fingerprint density at radius 1 is 0.750 bits per heavy atom. The van der Waals surface area contributed by atoms with E-state index in [1.807, 2.05) is 43.6 Å². The zero-order chi connectivity index (χ0) is 23.0. The third-order valence-electron chi connectivity index (χ3n) is 5.78. The smallest absolute Gasteiger partial charge is 0.159 e. The zero-order valence-electron chi connectivity index (χ0n) is 19.9. The molecule has 0 aliphatic rings. The van der Waals surface area contributed by atoms with Gasteiger partial charge < -0.3 is 4.74 Å². The zero-order valence-corrected chi connectivity index (χ0v) is 19.9. The SMILES string of the molecule is CCCCCCCCCc1cnc(-c2ccc(OCCC(F)C(F)CCCC)cc2)nc1. The molecular weight excluding hydrogens is 406 g/mol. The fourth-order valence-corrected chi connectivity index (χ4v) is 3.67. The molecule has 2 unspecified atom stereocenters. The molecule has 0 saturated carbocycles. The standard InChI is InChI=1S/C27H40F2N2O/c1-3-5-7-8-9-10-11-12-22-20-30-27(31-21-22)23-14-16-24(17-15-23)32-19-18-26(29)25(28)13-6-4-2/h14-17,20-21,25-26H,3-13,18-19H2,1-2H3. The van der Waals surface area contributed by atoms with Crippen LogP contribution in [0.5, 0.6) is 5.75 Å². The van der Waals surface area contributed by atoms with Gasteiger partial charge in [-0.05, 0) is 49.1 Å². The van der Waals surface area contributed by atoms with Crippen molar-refractivity contribution in [3.8, 4) is 17.1 Å². The van der Waals surface area contributed by atoms with Gasteiger partial charge in [0.05, 0.1) is 6.61 Å². The van der Waals surface area contributed by atoms with Crippen LogP contribution >= 0.6 is 0 Å². The Morgan fingerprint density at radius 2 is 1.34 bits per heavy atom. The second-order valence-corrected chi connectivity index (χ2v) is 8.62. The molecule has 0 aliphatic heterocycles. The Kier molecular flexibility index (Phi) is 12.9. The highest BCUT2D eigenvalue weighted by Crippen LogP contribution is 2.21. The molecule has 0 saturated heterocycles. The molecule has 0 bridgehead atoms. The van der Waals surface area contributed by atoms with Crippen LogP contribution in [0.25, 0.3) is 11.4 Å². The normalized spacial score (nSPS) is 13.1. The molecule has 1 aromatic carbocycles. The molecule has 0 aliphatic carbocycles. The molecule has 2 rings (SSSR count). The van der Waals surface area contributed by atoms with E-state index >= 15 is 0 Å². The summed E-state index contributed by atoms with van der Waals surface area (Å²) in [5.41, 5.74) is 2.08. The molecule has 0 fully saturated rings. The van der Waals surface area contributed by atoms with Crippen LogP contribution in [-0.4, -0.2) is 28.9 Å². The van der Waals surface area contributed by atoms with Gasteiger partial charge in [0, 0.05) is 24.4 Å². The van der Waals surface area contributed by atoms with Crippen LogP contribution in [0.1, 0.15) is 90.0 Å². The lowest BCUT2D eigenvalue weighted by Crippen LogP contribution is -2.20. The van der Waals surface area contributed by atoms with Gasteiger partial charge >= 0.3 is 0 Å². The highest BCUT2D eigenvalue weighted by atomic mass is 19.2. The first-order chi connectivity index (χ1) is 15.6. The Labute approximate surface area is 193 Å². The van der Waals surface area contributed by atoms with E-state index in [2.05, 4.69) is 16.9 Å². The number of rotatable bonds is 17. The Morgan fingerprint density at radius 3 is 2.00 bits per heavy atom. The van der Waals surface area contributed by atoms with Gasteiger partial charge in [0.1, 0.15) is 18.1 Å². The van der Waals surface area contributed by atoms with Crippen LogP contribution in [0.15, 0.2) is 36.7 Å². The third-order valence-corrected chi connectivity index (χ3v) is 5.78. The van der Waals surface area contributed by atoms with Crippen molar-refractivity contribution in [2.45, 2.75) is 103 Å². The summed E-state index contributed by atoms with van der Waals surface area (Å²) in [6, 6.07) is 7.43. The first-order valence-electron chi connectivity index (χ1n) is 12.5. The minimum Gasteiger partial charge on any atom is -0.493 e. The van der Waals surface area contributed by atoms with E-state index in [9.17, 15) is 8.78 Å². The molecule has 2 aromatic rings. The fraction of sp³-hybridized carbons (Fsp3) is 0.630. The van der Waals surface area contributed by atoms with Gasteiger partial charge in [-0.25, -0.2) is 18.7 Å². The number of aromatic nitrogens is 2. The van der Waals surface area contributed by atoms with Gasteiger partial charge in [0.15, 0.2) is 5.82 Å². The average molecular weight is 447 g/mol. The molecular formula is C27H40F2N2O. The molecule has 0 spiro atoms. The predicted molar refractivity (Wildman–Crippen MR) is 129 cm³/mol. The van der Waals surface area contributed by atoms with Crippen LogP contribution in [0.4, 0.5) is 8.78 Å². The predicted octanol–water partition coefficient (Wildman–Crippen LogP) is 8.07. The maximum atomic E-state index is 13.8. The van der Waals surface area contributed by atoms with E-state index in [1.165, 1.54) is 50.5 Å². The lowest BCUT2D eigenvalue weighted by atomic mass is 10.1. The first kappa shape index (κ1) is 26.2. The molecule has 5 heteroatoms. The number of hydrogen-bond donors (Lipinski definition) is 0. The van der Waals surface area contributed by atoms with E-state index in [4.69, 9.17) is 4.74 Å². The summed E-state index contributed by atoms with van der Waals surface area (Å²) in [5, 5.41) is 0. The highest BCUT2D eigenvalue weighted by Gasteiger charge is 2.19. The fourth-order valence-electron chi connectivity index (χ4n) is 3.67. The Hall–Kier alpha value is -2.04. The second-order valence-electron chi connectivity index (χ2n) is 8.62. The Balaban J connectivity index is 1.71. The van der Waals surface area contributed by atoms with Crippen molar-refractivity contribution in [3.63, 3.8) is 0 Å². The minimum absolute atomic E-state index is 0.0654. The van der Waals surface area contributed by atoms with Crippen molar-refractivity contribution < 1.29 is 13.5 Å². The van der Waals surface area contributed by atoms with Crippen molar-refractivity contribution in [1.82, 2.24) is 9.97 Å². The van der Waals surface area contributed by atoms with Gasteiger partial charge in [-0.2, -0.15) is 0 Å². The summed E-state index contributed by atoms with van der Waals surface area (Å²) in [4.78, 5) is 9.01. The van der Waals surface area contributed by atoms with E-state index in [0.29, 0.717) is 18.0 Å². The van der Waals surface area contributed by atoms with E-state index < -0.39 is 12.3 Å². The number of aryl methyl sites for hydroxylation is 1. The molecule has 32 heavy (non-hydrogen) atoms. The molecule has 2 atom stereocenters. The van der Waals surface area contributed by atoms with Gasteiger partial charge in [-0.15, -0.1) is 0 Å². The number of benzene rings is 1. The molecule has 1 aromatic heterocycles. The topological polar surface area (TPSA) is 35.0 Å². The summed E-state index contributed by atoms with van der Waals surface area (Å²) in [6.45, 7) is 4.38. The number of hydrogen-bond acceptors (Lipinski definition) is 3. The van der Waals surface area contributed by atoms with E-state index in [1.54, 1.807) is 0 Å². The number of unbranched alkanes of at least 4 members (excludes halogenated alkanes) is 7. The molecule has 3 nitrogen and oxygen atoms in total. The highest BCUT2D eigenvalue weighted by molar-refractivity contribution is 5.55. The Bertz CT molecular complexity index is 721. The third kappa shape index (κ3) is 10.1. The average Bonchev–Trinajstić information content (AvgIpc) is 2.82. The lowest BCUT2D eigenvalue weighted by Gasteiger charge is -2.14. The minimum atomic E-state index is -1.46. The number of alkyl halides is 2. The van der Waals surface area contributed by atoms with Crippen LogP contribution in [0.3, 0.4) is 0 Å². The monoisotopic (exact) mass is 446 g/mol. The van der Waals surface area contributed by atoms with Crippen molar-refractivity contribution in [1.29, 1.82) is 0 Å². The summed E-state index contributed by atoms with van der Waals surface area (Å²) >= 11 is 0. The van der Waals surface area contributed by atoms with Gasteiger partial charge in [-0.3, -0.25) is 0 Å². The van der Waals surface area contributed by atoms with Crippen molar-refractivity contribution in [2.75, 3.05) is 6.61 Å². The summed E-state index contributed by atoms with van der Waals surface area (Å²) in [5.74, 6) is 1.32. The second kappa shape index (κ2) is 15.7. The van der Waals surface area contributed by atoms with Crippen LogP contribution in [-0.2, 0) is 6.42 Å². The molecule has 0 amide bonds. The van der Waals surface area contributed by atoms with Crippen molar-refractivity contribution >= 4 is 0 Å². The van der Waals surface area contributed by atoms with Crippen LogP contribution < -0.4 is 4.74 Å². The maximum absolute atomic E-state index is 13.8. The van der Waals surface area contributed by atoms with Gasteiger partial charge in [0.25, 0.3) is 0 Å². The quantitative estimate of drug-likeness (QED) is 0.230. The van der Waals surface area contributed by atoms with E-state index in [-0.39, 0.29) is 19.4 Å². The van der Waals surface area contributed by atoms with E-state index in [0.717, 1.165) is 18.4 Å². The molecule has 0 N–H and O–H groups in total. The number of ether oxygens (including phenoxy) is 1. The number of halogens is 2. The maximum Gasteiger partial charge on any atom is 0.159 e. The molecule has 0 radical (unpaired) electrons. The molecule has 178 valence electrons. The van der Waals surface area contributed by atoms with Crippen LogP contribution in [0, 0.1) is 0 Å².